The Morgan fingerprint density at radius 3 is 2.52 bits per heavy atom. The first kappa shape index (κ1) is 17.3. The molecule has 0 aliphatic rings. The average molecular weight is 337 g/mol. The van der Waals surface area contributed by atoms with Crippen molar-refractivity contribution in [2.45, 2.75) is 25.5 Å². The van der Waals surface area contributed by atoms with Crippen LogP contribution in [-0.4, -0.2) is 15.2 Å². The molecule has 2 aromatic rings. The van der Waals surface area contributed by atoms with E-state index in [1.54, 1.807) is 24.3 Å². The standard InChI is InChI=1S/C17H17F2NO2S/c1-17(2,3)23(21)20-11-12-5-4-6-14(9-12)22-16-8-7-13(18)10-15(16)19/h4-11H,1-3H3/t23-/m1/s1. The normalized spacial score (nSPS) is 13.3. The lowest BCUT2D eigenvalue weighted by atomic mass is 10.2. The van der Waals surface area contributed by atoms with Crippen molar-refractivity contribution in [3.63, 3.8) is 0 Å². The third kappa shape index (κ3) is 4.96. The van der Waals surface area contributed by atoms with Gasteiger partial charge >= 0.3 is 0 Å². The molecule has 0 radical (unpaired) electrons. The van der Waals surface area contributed by atoms with Crippen LogP contribution in [0.1, 0.15) is 26.3 Å². The van der Waals surface area contributed by atoms with Crippen molar-refractivity contribution in [1.82, 2.24) is 0 Å². The second-order valence-corrected chi connectivity index (χ2v) is 7.78. The van der Waals surface area contributed by atoms with Gasteiger partial charge in [0.05, 0.1) is 4.75 Å². The summed E-state index contributed by atoms with van der Waals surface area (Å²) in [6.45, 7) is 5.49. The number of nitrogens with zero attached hydrogens (tertiary/aromatic N) is 1. The van der Waals surface area contributed by atoms with Crippen LogP contribution in [0.2, 0.25) is 0 Å². The van der Waals surface area contributed by atoms with Gasteiger partial charge in [0.25, 0.3) is 0 Å². The molecule has 0 aliphatic heterocycles. The fourth-order valence-electron chi connectivity index (χ4n) is 1.61. The number of hydrogen-bond acceptors (Lipinski definition) is 2. The Hall–Kier alpha value is -2.08. The van der Waals surface area contributed by atoms with Crippen LogP contribution < -0.4 is 4.74 Å². The number of benzene rings is 2. The molecule has 0 amide bonds. The molecule has 2 aromatic carbocycles. The first-order chi connectivity index (χ1) is 10.8. The summed E-state index contributed by atoms with van der Waals surface area (Å²) in [5.74, 6) is -1.14. The largest absolute Gasteiger partial charge is 0.454 e. The van der Waals surface area contributed by atoms with Crippen LogP contribution in [0.15, 0.2) is 46.9 Å². The first-order valence-electron chi connectivity index (χ1n) is 6.95. The molecular formula is C17H17F2NO2S. The second-order valence-electron chi connectivity index (χ2n) is 5.85. The molecule has 0 heterocycles. The maximum atomic E-state index is 13.6. The molecule has 0 spiro atoms. The van der Waals surface area contributed by atoms with Crippen LogP contribution in [0.25, 0.3) is 0 Å². The third-order valence-electron chi connectivity index (χ3n) is 2.80. The third-order valence-corrected chi connectivity index (χ3v) is 4.15. The molecule has 0 bridgehead atoms. The Labute approximate surface area is 136 Å². The Morgan fingerprint density at radius 2 is 1.87 bits per heavy atom. The average Bonchev–Trinajstić information content (AvgIpc) is 2.47. The summed E-state index contributed by atoms with van der Waals surface area (Å²) in [6, 6.07) is 9.84. The molecule has 3 nitrogen and oxygen atoms in total. The summed E-state index contributed by atoms with van der Waals surface area (Å²) in [7, 11) is -1.36. The zero-order valence-corrected chi connectivity index (χ0v) is 13.9. The van der Waals surface area contributed by atoms with Gasteiger partial charge in [0, 0.05) is 12.3 Å². The molecule has 23 heavy (non-hydrogen) atoms. The van der Waals surface area contributed by atoms with E-state index in [2.05, 4.69) is 4.40 Å². The van der Waals surface area contributed by atoms with Crippen molar-refractivity contribution in [3.8, 4) is 11.5 Å². The summed E-state index contributed by atoms with van der Waals surface area (Å²) in [6.07, 6.45) is 1.48. The molecule has 122 valence electrons. The molecule has 0 fully saturated rings. The molecule has 2 rings (SSSR count). The SMILES string of the molecule is CC(C)(C)[S@@](=O)N=Cc1cccc(Oc2ccc(F)cc2F)c1. The molecule has 0 N–H and O–H groups in total. The van der Waals surface area contributed by atoms with Gasteiger partial charge in [-0.15, -0.1) is 0 Å². The van der Waals surface area contributed by atoms with Gasteiger partial charge in [0.2, 0.25) is 0 Å². The fraction of sp³-hybridized carbons (Fsp3) is 0.235. The van der Waals surface area contributed by atoms with Crippen LogP contribution >= 0.6 is 0 Å². The Kier molecular flexibility index (Phi) is 5.26. The predicted octanol–water partition coefficient (Wildman–Crippen LogP) is 4.64. The molecule has 0 aliphatic carbocycles. The molecule has 1 atom stereocenters. The maximum absolute atomic E-state index is 13.6. The highest BCUT2D eigenvalue weighted by Gasteiger charge is 2.18. The Bertz CT molecular complexity index is 754. The van der Waals surface area contributed by atoms with Crippen LogP contribution in [0.5, 0.6) is 11.5 Å². The quantitative estimate of drug-likeness (QED) is 0.763. The molecule has 0 aromatic heterocycles. The maximum Gasteiger partial charge on any atom is 0.168 e. The van der Waals surface area contributed by atoms with E-state index in [1.807, 2.05) is 20.8 Å². The lowest BCUT2D eigenvalue weighted by Gasteiger charge is -2.12. The monoisotopic (exact) mass is 337 g/mol. The first-order valence-corrected chi connectivity index (χ1v) is 8.05. The van der Waals surface area contributed by atoms with E-state index in [0.29, 0.717) is 11.3 Å². The van der Waals surface area contributed by atoms with Gasteiger partial charge in [-0.25, -0.2) is 13.0 Å². The number of ether oxygens (including phenoxy) is 1. The fourth-order valence-corrected chi connectivity index (χ4v) is 2.14. The van der Waals surface area contributed by atoms with Crippen LogP contribution in [0.3, 0.4) is 0 Å². The van der Waals surface area contributed by atoms with Gasteiger partial charge in [-0.05, 0) is 50.6 Å². The minimum absolute atomic E-state index is 0.0706. The lowest BCUT2D eigenvalue weighted by molar-refractivity contribution is 0.437. The Balaban J connectivity index is 2.17. The van der Waals surface area contributed by atoms with E-state index in [4.69, 9.17) is 4.74 Å². The zero-order chi connectivity index (χ0) is 17.0. The summed E-state index contributed by atoms with van der Waals surface area (Å²) in [5, 5.41) is 0. The van der Waals surface area contributed by atoms with Crippen molar-refractivity contribution < 1.29 is 17.7 Å². The molecule has 0 saturated heterocycles. The second kappa shape index (κ2) is 7.00. The van der Waals surface area contributed by atoms with Crippen LogP contribution in [0.4, 0.5) is 8.78 Å². The Morgan fingerprint density at radius 1 is 1.13 bits per heavy atom. The van der Waals surface area contributed by atoms with Crippen LogP contribution in [-0.2, 0) is 11.0 Å². The van der Waals surface area contributed by atoms with Crippen LogP contribution in [0, 0.1) is 11.6 Å². The summed E-state index contributed by atoms with van der Waals surface area (Å²) in [4.78, 5) is 0. The highest BCUT2D eigenvalue weighted by molar-refractivity contribution is 7.85. The predicted molar refractivity (Wildman–Crippen MR) is 88.4 cm³/mol. The van der Waals surface area contributed by atoms with E-state index in [1.165, 1.54) is 12.3 Å². The lowest BCUT2D eigenvalue weighted by Crippen LogP contribution is -2.19. The number of rotatable bonds is 4. The van der Waals surface area contributed by atoms with Crippen molar-refractivity contribution >= 4 is 17.2 Å². The van der Waals surface area contributed by atoms with Gasteiger partial charge in [-0.1, -0.05) is 12.1 Å². The molecule has 0 unspecified atom stereocenters. The summed E-state index contributed by atoms with van der Waals surface area (Å²) in [5.41, 5.74) is 0.669. The van der Waals surface area contributed by atoms with Gasteiger partial charge in [0.15, 0.2) is 11.6 Å². The highest BCUT2D eigenvalue weighted by atomic mass is 32.2. The summed E-state index contributed by atoms with van der Waals surface area (Å²) < 4.78 is 47.3. The minimum Gasteiger partial charge on any atom is -0.454 e. The van der Waals surface area contributed by atoms with Gasteiger partial charge in [0.1, 0.15) is 22.6 Å². The van der Waals surface area contributed by atoms with Crippen molar-refractivity contribution in [1.29, 1.82) is 0 Å². The smallest absolute Gasteiger partial charge is 0.168 e. The van der Waals surface area contributed by atoms with E-state index >= 15 is 0 Å². The van der Waals surface area contributed by atoms with E-state index in [0.717, 1.165) is 12.1 Å². The topological polar surface area (TPSA) is 38.7 Å². The van der Waals surface area contributed by atoms with Gasteiger partial charge in [-0.3, -0.25) is 0 Å². The zero-order valence-electron chi connectivity index (χ0n) is 13.0. The van der Waals surface area contributed by atoms with E-state index in [-0.39, 0.29) is 5.75 Å². The highest BCUT2D eigenvalue weighted by Crippen LogP contribution is 2.25. The van der Waals surface area contributed by atoms with Gasteiger partial charge in [-0.2, -0.15) is 4.40 Å². The van der Waals surface area contributed by atoms with Gasteiger partial charge < -0.3 is 4.74 Å². The van der Waals surface area contributed by atoms with Crippen molar-refractivity contribution in [2.75, 3.05) is 0 Å². The number of hydrogen-bond donors (Lipinski definition) is 0. The van der Waals surface area contributed by atoms with Crippen molar-refractivity contribution in [3.05, 3.63) is 59.7 Å². The number of halogens is 2. The minimum atomic E-state index is -1.36. The summed E-state index contributed by atoms with van der Waals surface area (Å²) >= 11 is 0. The van der Waals surface area contributed by atoms with E-state index in [9.17, 15) is 13.0 Å². The molecule has 6 heteroatoms. The van der Waals surface area contributed by atoms with E-state index < -0.39 is 27.4 Å². The molecule has 0 saturated carbocycles. The van der Waals surface area contributed by atoms with Crippen molar-refractivity contribution in [2.24, 2.45) is 4.40 Å². The molecular weight excluding hydrogens is 320 g/mol.